The minimum Gasteiger partial charge on any atom is -0.496 e. The van der Waals surface area contributed by atoms with Gasteiger partial charge in [0.05, 0.1) is 7.11 Å². The molecule has 23 heavy (non-hydrogen) atoms. The Bertz CT molecular complexity index is 543. The zero-order valence-corrected chi connectivity index (χ0v) is 17.3. The Morgan fingerprint density at radius 1 is 1.39 bits per heavy atom. The van der Waals surface area contributed by atoms with Crippen LogP contribution in [-0.4, -0.2) is 44.7 Å². The van der Waals surface area contributed by atoms with Gasteiger partial charge < -0.3 is 15.0 Å². The Morgan fingerprint density at radius 3 is 2.70 bits per heavy atom. The standard InChI is InChI=1S/C18H29N3O.HI/c1-14-6-7-15(12-16(14)22-5)8-10-20-17(19-4)21-11-9-18(2,3)13-21;/h6-7,12H,8-11,13H2,1-5H3,(H,19,20);1H. The number of halogens is 1. The summed E-state index contributed by atoms with van der Waals surface area (Å²) < 4.78 is 5.39. The third-order valence-corrected chi connectivity index (χ3v) is 4.36. The first-order valence-electron chi connectivity index (χ1n) is 8.04. The van der Waals surface area contributed by atoms with E-state index in [9.17, 15) is 0 Å². The lowest BCUT2D eigenvalue weighted by atomic mass is 9.93. The lowest BCUT2D eigenvalue weighted by Gasteiger charge is -2.23. The number of nitrogens with one attached hydrogen (secondary N) is 1. The molecule has 1 aliphatic heterocycles. The Labute approximate surface area is 157 Å². The van der Waals surface area contributed by atoms with Gasteiger partial charge in [-0.15, -0.1) is 24.0 Å². The van der Waals surface area contributed by atoms with E-state index in [4.69, 9.17) is 4.74 Å². The molecule has 0 bridgehead atoms. The molecule has 1 heterocycles. The van der Waals surface area contributed by atoms with E-state index < -0.39 is 0 Å². The Hall–Kier alpha value is -0.980. The molecule has 0 radical (unpaired) electrons. The van der Waals surface area contributed by atoms with Gasteiger partial charge in [-0.1, -0.05) is 26.0 Å². The summed E-state index contributed by atoms with van der Waals surface area (Å²) in [6.07, 6.45) is 2.19. The van der Waals surface area contributed by atoms with Crippen LogP contribution in [0.4, 0.5) is 0 Å². The second-order valence-corrected chi connectivity index (χ2v) is 6.86. The van der Waals surface area contributed by atoms with Crippen molar-refractivity contribution in [1.82, 2.24) is 10.2 Å². The summed E-state index contributed by atoms with van der Waals surface area (Å²) in [6, 6.07) is 6.41. The van der Waals surface area contributed by atoms with Crippen LogP contribution in [0.25, 0.3) is 0 Å². The molecule has 0 aromatic heterocycles. The van der Waals surface area contributed by atoms with Gasteiger partial charge in [0, 0.05) is 26.7 Å². The van der Waals surface area contributed by atoms with Crippen molar-refractivity contribution in [2.75, 3.05) is 33.8 Å². The number of aliphatic imine (C=N–C) groups is 1. The number of nitrogens with zero attached hydrogens (tertiary/aromatic N) is 2. The summed E-state index contributed by atoms with van der Waals surface area (Å²) in [7, 11) is 3.59. The molecule has 1 saturated heterocycles. The maximum atomic E-state index is 5.39. The first-order chi connectivity index (χ1) is 10.4. The molecular weight excluding hydrogens is 401 g/mol. The number of guanidine groups is 1. The topological polar surface area (TPSA) is 36.9 Å². The maximum absolute atomic E-state index is 5.39. The summed E-state index contributed by atoms with van der Waals surface area (Å²) in [5.74, 6) is 1.98. The van der Waals surface area contributed by atoms with Crippen molar-refractivity contribution in [2.24, 2.45) is 10.4 Å². The number of hydrogen-bond acceptors (Lipinski definition) is 2. The van der Waals surface area contributed by atoms with Crippen molar-refractivity contribution in [3.05, 3.63) is 29.3 Å². The highest BCUT2D eigenvalue weighted by Crippen LogP contribution is 2.28. The van der Waals surface area contributed by atoms with E-state index >= 15 is 0 Å². The van der Waals surface area contributed by atoms with Crippen molar-refractivity contribution >= 4 is 29.9 Å². The molecule has 0 saturated carbocycles. The van der Waals surface area contributed by atoms with E-state index in [1.807, 2.05) is 7.05 Å². The van der Waals surface area contributed by atoms with Gasteiger partial charge in [-0.2, -0.15) is 0 Å². The molecule has 0 unspecified atom stereocenters. The highest BCUT2D eigenvalue weighted by atomic mass is 127. The molecule has 5 heteroatoms. The Kier molecular flexibility index (Phi) is 7.64. The minimum absolute atomic E-state index is 0. The monoisotopic (exact) mass is 431 g/mol. The number of rotatable bonds is 4. The van der Waals surface area contributed by atoms with Gasteiger partial charge in [0.1, 0.15) is 5.75 Å². The van der Waals surface area contributed by atoms with Crippen molar-refractivity contribution in [3.63, 3.8) is 0 Å². The molecule has 2 rings (SSSR count). The fourth-order valence-corrected chi connectivity index (χ4v) is 2.96. The van der Waals surface area contributed by atoms with Crippen LogP contribution in [-0.2, 0) is 6.42 Å². The molecule has 1 aliphatic rings. The number of benzene rings is 1. The normalized spacial score (nSPS) is 16.9. The van der Waals surface area contributed by atoms with Gasteiger partial charge in [-0.05, 0) is 42.4 Å². The third kappa shape index (κ3) is 5.55. The maximum Gasteiger partial charge on any atom is 0.193 e. The summed E-state index contributed by atoms with van der Waals surface area (Å²) in [5.41, 5.74) is 2.85. The largest absolute Gasteiger partial charge is 0.496 e. The van der Waals surface area contributed by atoms with Gasteiger partial charge in [0.2, 0.25) is 0 Å². The molecule has 0 spiro atoms. The minimum atomic E-state index is 0. The highest BCUT2D eigenvalue weighted by Gasteiger charge is 2.30. The van der Waals surface area contributed by atoms with Gasteiger partial charge in [0.15, 0.2) is 5.96 Å². The first kappa shape index (κ1) is 20.1. The molecule has 1 N–H and O–H groups in total. The molecule has 1 fully saturated rings. The Balaban J connectivity index is 0.00000264. The fraction of sp³-hybridized carbons (Fsp3) is 0.611. The van der Waals surface area contributed by atoms with Crippen LogP contribution in [0.5, 0.6) is 5.75 Å². The number of hydrogen-bond donors (Lipinski definition) is 1. The average Bonchev–Trinajstić information content (AvgIpc) is 2.85. The van der Waals surface area contributed by atoms with Crippen molar-refractivity contribution in [1.29, 1.82) is 0 Å². The predicted molar refractivity (Wildman–Crippen MR) is 108 cm³/mol. The number of ether oxygens (including phenoxy) is 1. The van der Waals surface area contributed by atoms with E-state index in [2.05, 4.69) is 54.2 Å². The van der Waals surface area contributed by atoms with Crippen LogP contribution < -0.4 is 10.1 Å². The summed E-state index contributed by atoms with van der Waals surface area (Å²) in [6.45, 7) is 9.75. The second kappa shape index (κ2) is 8.76. The van der Waals surface area contributed by atoms with Crippen LogP contribution in [0.1, 0.15) is 31.4 Å². The van der Waals surface area contributed by atoms with Gasteiger partial charge in [-0.3, -0.25) is 4.99 Å². The van der Waals surface area contributed by atoms with Crippen LogP contribution in [0.15, 0.2) is 23.2 Å². The highest BCUT2D eigenvalue weighted by molar-refractivity contribution is 14.0. The SMILES string of the molecule is CN=C(NCCc1ccc(C)c(OC)c1)N1CCC(C)(C)C1.I. The molecule has 4 nitrogen and oxygen atoms in total. The van der Waals surface area contributed by atoms with Gasteiger partial charge in [-0.25, -0.2) is 0 Å². The molecule has 0 amide bonds. The molecule has 0 aliphatic carbocycles. The zero-order valence-electron chi connectivity index (χ0n) is 15.0. The smallest absolute Gasteiger partial charge is 0.193 e. The molecule has 0 atom stereocenters. The Morgan fingerprint density at radius 2 is 2.13 bits per heavy atom. The van der Waals surface area contributed by atoms with Crippen molar-refractivity contribution in [2.45, 2.75) is 33.6 Å². The summed E-state index contributed by atoms with van der Waals surface area (Å²) in [5, 5.41) is 3.48. The van der Waals surface area contributed by atoms with Crippen LogP contribution in [0.2, 0.25) is 0 Å². The molecular formula is C18H30IN3O. The van der Waals surface area contributed by atoms with Crippen LogP contribution >= 0.6 is 24.0 Å². The van der Waals surface area contributed by atoms with Gasteiger partial charge in [0.25, 0.3) is 0 Å². The van der Waals surface area contributed by atoms with Crippen LogP contribution in [0.3, 0.4) is 0 Å². The van der Waals surface area contributed by atoms with E-state index in [-0.39, 0.29) is 24.0 Å². The predicted octanol–water partition coefficient (Wildman–Crippen LogP) is 3.47. The first-order valence-corrected chi connectivity index (χ1v) is 8.04. The fourth-order valence-electron chi connectivity index (χ4n) is 2.96. The lowest BCUT2D eigenvalue weighted by molar-refractivity contribution is 0.370. The third-order valence-electron chi connectivity index (χ3n) is 4.36. The van der Waals surface area contributed by atoms with E-state index in [1.165, 1.54) is 17.5 Å². The average molecular weight is 431 g/mol. The van der Waals surface area contributed by atoms with E-state index in [0.717, 1.165) is 37.8 Å². The number of aryl methyl sites for hydroxylation is 1. The van der Waals surface area contributed by atoms with Gasteiger partial charge >= 0.3 is 0 Å². The molecule has 130 valence electrons. The molecule has 1 aromatic rings. The van der Waals surface area contributed by atoms with Crippen molar-refractivity contribution in [3.8, 4) is 5.75 Å². The zero-order chi connectivity index (χ0) is 16.2. The summed E-state index contributed by atoms with van der Waals surface area (Å²) >= 11 is 0. The number of methoxy groups -OCH3 is 1. The lowest BCUT2D eigenvalue weighted by Crippen LogP contribution is -2.41. The number of likely N-dealkylation sites (tertiary alicyclic amines) is 1. The summed E-state index contributed by atoms with van der Waals surface area (Å²) in [4.78, 5) is 6.78. The molecule has 1 aromatic carbocycles. The van der Waals surface area contributed by atoms with E-state index in [1.54, 1.807) is 7.11 Å². The van der Waals surface area contributed by atoms with Crippen LogP contribution in [0, 0.1) is 12.3 Å². The van der Waals surface area contributed by atoms with E-state index in [0.29, 0.717) is 5.41 Å². The quantitative estimate of drug-likeness (QED) is 0.451. The van der Waals surface area contributed by atoms with Crippen molar-refractivity contribution < 1.29 is 4.74 Å². The second-order valence-electron chi connectivity index (χ2n) is 6.86.